The van der Waals surface area contributed by atoms with Gasteiger partial charge in [-0.1, -0.05) is 37.1 Å². The van der Waals surface area contributed by atoms with Crippen molar-refractivity contribution in [2.45, 2.75) is 32.6 Å². The van der Waals surface area contributed by atoms with Crippen LogP contribution in [0.4, 0.5) is 0 Å². The Morgan fingerprint density at radius 1 is 1.31 bits per heavy atom. The number of rotatable bonds is 5. The molecule has 0 atom stereocenters. The Bertz CT molecular complexity index is 487. The van der Waals surface area contributed by atoms with Crippen molar-refractivity contribution in [2.75, 3.05) is 0 Å². The number of carbonyl (C=O) groups is 1. The molecule has 0 amide bonds. The fourth-order valence-electron chi connectivity index (χ4n) is 1.74. The lowest BCUT2D eigenvalue weighted by Gasteiger charge is -1.96. The van der Waals surface area contributed by atoms with E-state index in [4.69, 9.17) is 4.52 Å². The first-order valence-corrected chi connectivity index (χ1v) is 5.70. The van der Waals surface area contributed by atoms with E-state index in [0.29, 0.717) is 12.2 Å². The fraction of sp³-hybridized carbons (Fsp3) is 0.385. The minimum Gasteiger partial charge on any atom is -0.352 e. The number of aromatic nitrogens is 1. The van der Waals surface area contributed by atoms with Crippen molar-refractivity contribution in [2.24, 2.45) is 0 Å². The minimum atomic E-state index is 0.0575. The summed E-state index contributed by atoms with van der Waals surface area (Å²) in [4.78, 5) is 11.9. The second kappa shape index (κ2) is 4.92. The number of benzene rings is 1. The zero-order valence-electron chi connectivity index (χ0n) is 9.40. The first-order valence-electron chi connectivity index (χ1n) is 5.70. The quantitative estimate of drug-likeness (QED) is 0.567. The SMILES string of the molecule is CCCCCC(=O)c1onc2ccccc12. The molecule has 0 spiro atoms. The molecule has 0 aliphatic rings. The lowest BCUT2D eigenvalue weighted by Crippen LogP contribution is -1.97. The molecule has 0 saturated carbocycles. The molecule has 1 aromatic carbocycles. The van der Waals surface area contributed by atoms with Gasteiger partial charge in [0, 0.05) is 6.42 Å². The van der Waals surface area contributed by atoms with Crippen LogP contribution in [-0.2, 0) is 0 Å². The van der Waals surface area contributed by atoms with Crippen LogP contribution in [0.25, 0.3) is 10.9 Å². The van der Waals surface area contributed by atoms with Crippen molar-refractivity contribution < 1.29 is 9.32 Å². The van der Waals surface area contributed by atoms with Gasteiger partial charge in [-0.3, -0.25) is 4.79 Å². The smallest absolute Gasteiger partial charge is 0.210 e. The normalized spacial score (nSPS) is 10.8. The van der Waals surface area contributed by atoms with Gasteiger partial charge in [-0.2, -0.15) is 0 Å². The van der Waals surface area contributed by atoms with E-state index >= 15 is 0 Å². The third-order valence-electron chi connectivity index (χ3n) is 2.64. The molecule has 2 aromatic rings. The molecule has 0 radical (unpaired) electrons. The van der Waals surface area contributed by atoms with E-state index < -0.39 is 0 Å². The molecule has 0 N–H and O–H groups in total. The molecule has 1 heterocycles. The van der Waals surface area contributed by atoms with E-state index in [0.717, 1.165) is 30.2 Å². The van der Waals surface area contributed by atoms with Crippen molar-refractivity contribution in [3.8, 4) is 0 Å². The summed E-state index contributed by atoms with van der Waals surface area (Å²) in [5.41, 5.74) is 0.751. The number of nitrogens with zero attached hydrogens (tertiary/aromatic N) is 1. The largest absolute Gasteiger partial charge is 0.352 e. The summed E-state index contributed by atoms with van der Waals surface area (Å²) in [6.45, 7) is 2.12. The molecule has 3 nitrogen and oxygen atoms in total. The number of hydrogen-bond donors (Lipinski definition) is 0. The lowest BCUT2D eigenvalue weighted by molar-refractivity contribution is 0.0946. The van der Waals surface area contributed by atoms with Gasteiger partial charge in [-0.05, 0) is 18.6 Å². The van der Waals surface area contributed by atoms with Crippen LogP contribution in [-0.4, -0.2) is 10.9 Å². The van der Waals surface area contributed by atoms with Gasteiger partial charge in [0.1, 0.15) is 5.52 Å². The number of hydrogen-bond acceptors (Lipinski definition) is 3. The van der Waals surface area contributed by atoms with Crippen molar-refractivity contribution in [3.05, 3.63) is 30.0 Å². The summed E-state index contributed by atoms with van der Waals surface area (Å²) in [5, 5.41) is 4.70. The monoisotopic (exact) mass is 217 g/mol. The van der Waals surface area contributed by atoms with Crippen LogP contribution >= 0.6 is 0 Å². The highest BCUT2D eigenvalue weighted by atomic mass is 16.5. The van der Waals surface area contributed by atoms with Crippen LogP contribution in [0.2, 0.25) is 0 Å². The molecule has 0 bridgehead atoms. The maximum Gasteiger partial charge on any atom is 0.210 e. The van der Waals surface area contributed by atoms with Crippen LogP contribution < -0.4 is 0 Å². The standard InChI is InChI=1S/C13H15NO2/c1-2-3-4-9-12(15)13-10-7-5-6-8-11(10)14-16-13/h5-8H,2-4,9H2,1H3. The van der Waals surface area contributed by atoms with E-state index in [1.165, 1.54) is 0 Å². The predicted molar refractivity (Wildman–Crippen MR) is 62.5 cm³/mol. The second-order valence-corrected chi connectivity index (χ2v) is 3.91. The van der Waals surface area contributed by atoms with Gasteiger partial charge in [-0.25, -0.2) is 0 Å². The number of unbranched alkanes of at least 4 members (excludes halogenated alkanes) is 2. The van der Waals surface area contributed by atoms with Crippen molar-refractivity contribution >= 4 is 16.7 Å². The summed E-state index contributed by atoms with van der Waals surface area (Å²) < 4.78 is 5.11. The van der Waals surface area contributed by atoms with E-state index in [1.54, 1.807) is 0 Å². The summed E-state index contributed by atoms with van der Waals surface area (Å²) in [6.07, 6.45) is 3.67. The molecule has 3 heteroatoms. The molecule has 0 fully saturated rings. The van der Waals surface area contributed by atoms with Gasteiger partial charge >= 0.3 is 0 Å². The van der Waals surface area contributed by atoms with Gasteiger partial charge in [-0.15, -0.1) is 0 Å². The maximum atomic E-state index is 11.9. The highest BCUT2D eigenvalue weighted by Crippen LogP contribution is 2.19. The molecule has 16 heavy (non-hydrogen) atoms. The van der Waals surface area contributed by atoms with E-state index in [-0.39, 0.29) is 5.78 Å². The minimum absolute atomic E-state index is 0.0575. The molecule has 0 unspecified atom stereocenters. The van der Waals surface area contributed by atoms with Crippen LogP contribution in [0.15, 0.2) is 28.8 Å². The number of fused-ring (bicyclic) bond motifs is 1. The molecule has 84 valence electrons. The Morgan fingerprint density at radius 3 is 2.94 bits per heavy atom. The predicted octanol–water partition coefficient (Wildman–Crippen LogP) is 3.59. The Labute approximate surface area is 94.4 Å². The van der Waals surface area contributed by atoms with Crippen LogP contribution in [0.1, 0.15) is 43.2 Å². The zero-order valence-corrected chi connectivity index (χ0v) is 9.40. The Hall–Kier alpha value is -1.64. The van der Waals surface area contributed by atoms with Crippen LogP contribution in [0, 0.1) is 0 Å². The fourth-order valence-corrected chi connectivity index (χ4v) is 1.74. The average Bonchev–Trinajstić information content (AvgIpc) is 2.73. The van der Waals surface area contributed by atoms with Crippen LogP contribution in [0.3, 0.4) is 0 Å². The highest BCUT2D eigenvalue weighted by Gasteiger charge is 2.15. The maximum absolute atomic E-state index is 11.9. The van der Waals surface area contributed by atoms with E-state index in [2.05, 4.69) is 12.1 Å². The van der Waals surface area contributed by atoms with Crippen molar-refractivity contribution in [3.63, 3.8) is 0 Å². The van der Waals surface area contributed by atoms with Crippen molar-refractivity contribution in [1.82, 2.24) is 5.16 Å². The average molecular weight is 217 g/mol. The Balaban J connectivity index is 2.17. The first-order chi connectivity index (χ1) is 7.83. The zero-order chi connectivity index (χ0) is 11.4. The topological polar surface area (TPSA) is 43.1 Å². The second-order valence-electron chi connectivity index (χ2n) is 3.91. The van der Waals surface area contributed by atoms with Gasteiger partial charge < -0.3 is 4.52 Å². The number of ketones is 1. The van der Waals surface area contributed by atoms with Gasteiger partial charge in [0.2, 0.25) is 11.5 Å². The van der Waals surface area contributed by atoms with Gasteiger partial charge in [0.05, 0.1) is 5.39 Å². The summed E-state index contributed by atoms with van der Waals surface area (Å²) >= 11 is 0. The highest BCUT2D eigenvalue weighted by molar-refractivity contribution is 6.04. The first kappa shape index (κ1) is 10.9. The third kappa shape index (κ3) is 2.13. The van der Waals surface area contributed by atoms with Gasteiger partial charge in [0.15, 0.2) is 0 Å². The number of Topliss-reactive ketones (excluding diaryl/α,β-unsaturated/α-hetero) is 1. The lowest BCUT2D eigenvalue weighted by atomic mass is 10.1. The molecular formula is C13H15NO2. The van der Waals surface area contributed by atoms with Crippen molar-refractivity contribution in [1.29, 1.82) is 0 Å². The van der Waals surface area contributed by atoms with Gasteiger partial charge in [0.25, 0.3) is 0 Å². The summed E-state index contributed by atoms with van der Waals surface area (Å²) in [5.74, 6) is 0.467. The Morgan fingerprint density at radius 2 is 2.12 bits per heavy atom. The summed E-state index contributed by atoms with van der Waals surface area (Å²) in [7, 11) is 0. The number of carbonyl (C=O) groups excluding carboxylic acids is 1. The third-order valence-corrected chi connectivity index (χ3v) is 2.64. The Kier molecular flexibility index (Phi) is 3.34. The summed E-state index contributed by atoms with van der Waals surface area (Å²) in [6, 6.07) is 7.50. The molecule has 1 aromatic heterocycles. The molecule has 2 rings (SSSR count). The molecule has 0 saturated heterocycles. The molecular weight excluding hydrogens is 202 g/mol. The van der Waals surface area contributed by atoms with E-state index in [9.17, 15) is 4.79 Å². The molecule has 0 aliphatic carbocycles. The van der Waals surface area contributed by atoms with E-state index in [1.807, 2.05) is 24.3 Å². The van der Waals surface area contributed by atoms with Crippen LogP contribution in [0.5, 0.6) is 0 Å². The molecule has 0 aliphatic heterocycles.